The second kappa shape index (κ2) is 7.05. The van der Waals surface area contributed by atoms with Crippen molar-refractivity contribution in [2.24, 2.45) is 0 Å². The van der Waals surface area contributed by atoms with Gasteiger partial charge in [-0.2, -0.15) is 0 Å². The van der Waals surface area contributed by atoms with E-state index in [1.54, 1.807) is 7.05 Å². The first-order valence-electron chi connectivity index (χ1n) is 5.86. The lowest BCUT2D eigenvalue weighted by atomic mass is 10.3. The van der Waals surface area contributed by atoms with Crippen LogP contribution in [-0.2, 0) is 13.8 Å². The molecule has 0 aliphatic heterocycles. The molecule has 1 aromatic carbocycles. The Morgan fingerprint density at radius 2 is 1.86 bits per heavy atom. The van der Waals surface area contributed by atoms with Crippen LogP contribution in [0.5, 0.6) is 5.75 Å². The Morgan fingerprint density at radius 3 is 2.33 bits per heavy atom. The van der Waals surface area contributed by atoms with E-state index in [1.807, 2.05) is 13.8 Å². The zero-order valence-corrected chi connectivity index (χ0v) is 14.6. The number of rotatable bonds is 5. The lowest BCUT2D eigenvalue weighted by Gasteiger charge is -2.21. The van der Waals surface area contributed by atoms with E-state index in [9.17, 15) is 13.2 Å². The van der Waals surface area contributed by atoms with Gasteiger partial charge in [0.2, 0.25) is 0 Å². The van der Waals surface area contributed by atoms with Crippen molar-refractivity contribution in [3.05, 3.63) is 22.2 Å². The van der Waals surface area contributed by atoms with Crippen molar-refractivity contribution >= 4 is 48.8 Å². The molecule has 0 saturated carbocycles. The summed E-state index contributed by atoms with van der Waals surface area (Å²) in [6.45, 7) is 3.49. The number of carbonyl (C=O) groups excluding carboxylic acids is 1. The number of hydrogen-bond acceptors (Lipinski definition) is 4. The number of hydrogen-bond donors (Lipinski definition) is 0. The van der Waals surface area contributed by atoms with Crippen LogP contribution in [0.1, 0.15) is 13.8 Å². The Morgan fingerprint density at radius 1 is 1.29 bits per heavy atom. The fraction of sp³-hybridized carbons (Fsp3) is 0.417. The largest absolute Gasteiger partial charge is 0.482 e. The molecule has 9 heteroatoms. The van der Waals surface area contributed by atoms with Gasteiger partial charge in [0.1, 0.15) is 10.6 Å². The minimum absolute atomic E-state index is 0.00127. The molecular formula is C12H14Cl3NO4S. The van der Waals surface area contributed by atoms with E-state index in [2.05, 4.69) is 0 Å². The second-order valence-electron chi connectivity index (χ2n) is 4.54. The van der Waals surface area contributed by atoms with Crippen LogP contribution in [-0.4, -0.2) is 38.9 Å². The average molecular weight is 375 g/mol. The quantitative estimate of drug-likeness (QED) is 0.743. The summed E-state index contributed by atoms with van der Waals surface area (Å²) < 4.78 is 27.8. The lowest BCUT2D eigenvalue weighted by molar-refractivity contribution is -0.133. The minimum atomic E-state index is -4.00. The summed E-state index contributed by atoms with van der Waals surface area (Å²) in [5, 5.41) is -0.132. The standard InChI is InChI=1S/C12H14Cl3NO4S/c1-7(2)16(3)12(17)6-20-10-4-9(14)11(5-8(10)13)21(15,18)19/h4-5,7H,6H2,1-3H3. The van der Waals surface area contributed by atoms with Gasteiger partial charge in [0.15, 0.2) is 6.61 Å². The molecule has 0 bridgehead atoms. The maximum Gasteiger partial charge on any atom is 0.262 e. The first-order chi connectivity index (χ1) is 9.54. The number of halogens is 3. The first-order valence-corrected chi connectivity index (χ1v) is 8.92. The first kappa shape index (κ1) is 18.4. The van der Waals surface area contributed by atoms with E-state index < -0.39 is 9.05 Å². The predicted molar refractivity (Wildman–Crippen MR) is 82.9 cm³/mol. The number of nitrogens with zero attached hydrogens (tertiary/aromatic N) is 1. The fourth-order valence-corrected chi connectivity index (χ4v) is 3.13. The number of benzene rings is 1. The molecule has 0 saturated heterocycles. The molecule has 118 valence electrons. The summed E-state index contributed by atoms with van der Waals surface area (Å²) in [7, 11) is 2.86. The van der Waals surface area contributed by atoms with Crippen LogP contribution in [0.25, 0.3) is 0 Å². The van der Waals surface area contributed by atoms with Gasteiger partial charge in [-0.05, 0) is 19.9 Å². The molecule has 0 fully saturated rings. The molecule has 1 amide bonds. The van der Waals surface area contributed by atoms with Gasteiger partial charge in [0.25, 0.3) is 15.0 Å². The van der Waals surface area contributed by atoms with Crippen molar-refractivity contribution < 1.29 is 17.9 Å². The van der Waals surface area contributed by atoms with Crippen LogP contribution in [0.3, 0.4) is 0 Å². The molecule has 21 heavy (non-hydrogen) atoms. The Hall–Kier alpha value is -0.690. The molecule has 5 nitrogen and oxygen atoms in total. The maximum atomic E-state index is 11.8. The molecule has 1 rings (SSSR count). The Bertz CT molecular complexity index is 646. The van der Waals surface area contributed by atoms with Gasteiger partial charge < -0.3 is 9.64 Å². The summed E-state index contributed by atoms with van der Waals surface area (Å²) in [5.74, 6) is -0.137. The van der Waals surface area contributed by atoms with Gasteiger partial charge in [-0.25, -0.2) is 8.42 Å². The zero-order chi connectivity index (χ0) is 16.4. The molecular weight excluding hydrogens is 361 g/mol. The van der Waals surface area contributed by atoms with E-state index in [1.165, 1.54) is 11.0 Å². The van der Waals surface area contributed by atoms with Crippen molar-refractivity contribution in [1.82, 2.24) is 4.90 Å². The van der Waals surface area contributed by atoms with E-state index >= 15 is 0 Å². The van der Waals surface area contributed by atoms with Crippen LogP contribution in [0.15, 0.2) is 17.0 Å². The summed E-state index contributed by atoms with van der Waals surface area (Å²) in [6.07, 6.45) is 0. The van der Waals surface area contributed by atoms with Gasteiger partial charge in [0, 0.05) is 29.8 Å². The van der Waals surface area contributed by atoms with E-state index in [0.29, 0.717) is 0 Å². The third-order valence-corrected chi connectivity index (χ3v) is 4.85. The van der Waals surface area contributed by atoms with Crippen LogP contribution in [0.2, 0.25) is 10.0 Å². The number of carbonyl (C=O) groups is 1. The van der Waals surface area contributed by atoms with Crippen LogP contribution >= 0.6 is 33.9 Å². The normalized spacial score (nSPS) is 11.6. The van der Waals surface area contributed by atoms with Gasteiger partial charge in [-0.1, -0.05) is 23.2 Å². The second-order valence-corrected chi connectivity index (χ2v) is 7.89. The SMILES string of the molecule is CC(C)N(C)C(=O)COc1cc(Cl)c(S(=O)(=O)Cl)cc1Cl. The molecule has 0 aliphatic carbocycles. The van der Waals surface area contributed by atoms with Crippen molar-refractivity contribution in [3.8, 4) is 5.75 Å². The highest BCUT2D eigenvalue weighted by atomic mass is 35.7. The molecule has 0 aliphatic rings. The molecule has 0 radical (unpaired) electrons. The number of likely N-dealkylation sites (N-methyl/N-ethyl adjacent to an activating group) is 1. The van der Waals surface area contributed by atoms with Crippen molar-refractivity contribution in [2.75, 3.05) is 13.7 Å². The zero-order valence-electron chi connectivity index (χ0n) is 11.6. The Balaban J connectivity index is 2.92. The minimum Gasteiger partial charge on any atom is -0.482 e. The molecule has 0 spiro atoms. The third-order valence-electron chi connectivity index (χ3n) is 2.77. The predicted octanol–water partition coefficient (Wildman–Crippen LogP) is 3.17. The summed E-state index contributed by atoms with van der Waals surface area (Å²) in [5.41, 5.74) is 0. The summed E-state index contributed by atoms with van der Waals surface area (Å²) >= 11 is 11.7. The van der Waals surface area contributed by atoms with Crippen LogP contribution in [0.4, 0.5) is 0 Å². The van der Waals surface area contributed by atoms with E-state index in [0.717, 1.165) is 6.07 Å². The van der Waals surface area contributed by atoms with Gasteiger partial charge in [-0.15, -0.1) is 0 Å². The van der Waals surface area contributed by atoms with Gasteiger partial charge in [0.05, 0.1) is 10.0 Å². The van der Waals surface area contributed by atoms with Crippen LogP contribution in [0, 0.1) is 0 Å². The molecule has 0 aromatic heterocycles. The van der Waals surface area contributed by atoms with Crippen LogP contribution < -0.4 is 4.74 Å². The highest BCUT2D eigenvalue weighted by Crippen LogP contribution is 2.34. The average Bonchev–Trinajstić information content (AvgIpc) is 2.36. The summed E-state index contributed by atoms with van der Waals surface area (Å²) in [6, 6.07) is 2.32. The maximum absolute atomic E-state index is 11.8. The Labute approximate surface area is 138 Å². The van der Waals surface area contributed by atoms with Crippen molar-refractivity contribution in [1.29, 1.82) is 0 Å². The lowest BCUT2D eigenvalue weighted by Crippen LogP contribution is -2.36. The molecule has 0 heterocycles. The number of ether oxygens (including phenoxy) is 1. The third kappa shape index (κ3) is 4.92. The molecule has 0 atom stereocenters. The monoisotopic (exact) mass is 373 g/mol. The molecule has 0 unspecified atom stereocenters. The van der Waals surface area contributed by atoms with Crippen molar-refractivity contribution in [3.63, 3.8) is 0 Å². The van der Waals surface area contributed by atoms with Gasteiger partial charge in [-0.3, -0.25) is 4.79 Å². The molecule has 0 N–H and O–H groups in total. The van der Waals surface area contributed by atoms with E-state index in [-0.39, 0.29) is 39.2 Å². The number of amides is 1. The molecule has 1 aromatic rings. The van der Waals surface area contributed by atoms with E-state index in [4.69, 9.17) is 38.6 Å². The Kier molecular flexibility index (Phi) is 6.16. The topological polar surface area (TPSA) is 63.7 Å². The fourth-order valence-electron chi connectivity index (χ4n) is 1.34. The highest BCUT2D eigenvalue weighted by molar-refractivity contribution is 8.13. The summed E-state index contributed by atoms with van der Waals surface area (Å²) in [4.78, 5) is 13.0. The van der Waals surface area contributed by atoms with Crippen molar-refractivity contribution in [2.45, 2.75) is 24.8 Å². The smallest absolute Gasteiger partial charge is 0.262 e. The van der Waals surface area contributed by atoms with Gasteiger partial charge >= 0.3 is 0 Å². The highest BCUT2D eigenvalue weighted by Gasteiger charge is 2.19.